The quantitative estimate of drug-likeness (QED) is 0.419. The minimum Gasteiger partial charge on any atom is -1.00 e. The van der Waals surface area contributed by atoms with Crippen molar-refractivity contribution in [1.82, 2.24) is 0 Å². The maximum atomic E-state index is 12.5. The molecule has 0 amide bonds. The third kappa shape index (κ3) is 7.07. The molecule has 0 bridgehead atoms. The first-order valence-corrected chi connectivity index (χ1v) is 11.3. The number of hydrogen-bond donors (Lipinski definition) is 1. The zero-order valence-corrected chi connectivity index (χ0v) is 19.6. The Hall–Kier alpha value is -0.930. The molecule has 0 aliphatic heterocycles. The Morgan fingerprint density at radius 3 is 1.52 bits per heavy atom. The van der Waals surface area contributed by atoms with Gasteiger partial charge in [-0.1, -0.05) is 12.8 Å². The van der Waals surface area contributed by atoms with Crippen LogP contribution in [0.1, 0.15) is 86.4 Å². The van der Waals surface area contributed by atoms with Crippen molar-refractivity contribution >= 4 is 22.1 Å². The van der Waals surface area contributed by atoms with Crippen LogP contribution in [-0.4, -0.2) is 37.1 Å². The fraction of sp³-hybridized carbons (Fsp3) is 0.600. The summed E-state index contributed by atoms with van der Waals surface area (Å²) >= 11 is 0. The summed E-state index contributed by atoms with van der Waals surface area (Å²) in [5.74, 6) is -1.41. The molecule has 1 aromatic carbocycles. The fourth-order valence-corrected chi connectivity index (χ4v) is 4.34. The molecule has 1 aromatic rings. The Balaban J connectivity index is 0.00000225. The van der Waals surface area contributed by atoms with E-state index in [-0.39, 0.29) is 54.3 Å². The second-order valence-corrected chi connectivity index (χ2v) is 8.97. The van der Waals surface area contributed by atoms with E-state index in [4.69, 9.17) is 9.47 Å². The van der Waals surface area contributed by atoms with Crippen LogP contribution in [0.4, 0.5) is 0 Å². The summed E-state index contributed by atoms with van der Waals surface area (Å²) in [7, 11) is -4.60. The van der Waals surface area contributed by atoms with E-state index in [9.17, 15) is 22.6 Å². The Morgan fingerprint density at radius 1 is 0.793 bits per heavy atom. The summed E-state index contributed by atoms with van der Waals surface area (Å²) in [6, 6.07) is 3.32. The monoisotopic (exact) mass is 434 g/mol. The second-order valence-electron chi connectivity index (χ2n) is 7.55. The van der Waals surface area contributed by atoms with E-state index in [0.29, 0.717) is 0 Å². The number of ether oxygens (including phenoxy) is 2. The third-order valence-electron chi connectivity index (χ3n) is 5.33. The predicted molar refractivity (Wildman–Crippen MR) is 102 cm³/mol. The molecule has 9 heteroatoms. The van der Waals surface area contributed by atoms with Gasteiger partial charge < -0.3 is 10.9 Å². The summed E-state index contributed by atoms with van der Waals surface area (Å²) in [6.45, 7) is 0. The molecule has 29 heavy (non-hydrogen) atoms. The van der Waals surface area contributed by atoms with Crippen LogP contribution in [0.3, 0.4) is 0 Å². The summed E-state index contributed by atoms with van der Waals surface area (Å²) in [4.78, 5) is 24.5. The van der Waals surface area contributed by atoms with E-state index in [1.807, 2.05) is 0 Å². The van der Waals surface area contributed by atoms with Gasteiger partial charge in [-0.05, 0) is 69.6 Å². The average Bonchev–Trinajstić information content (AvgIpc) is 2.68. The van der Waals surface area contributed by atoms with Gasteiger partial charge >= 0.3 is 41.5 Å². The second kappa shape index (κ2) is 10.9. The minimum atomic E-state index is -4.60. The summed E-state index contributed by atoms with van der Waals surface area (Å²) in [5, 5.41) is 0. The number of carbonyl (C=O) groups excluding carboxylic acids is 2. The zero-order valence-electron chi connectivity index (χ0n) is 17.8. The van der Waals surface area contributed by atoms with Gasteiger partial charge in [0.05, 0.1) is 16.0 Å². The number of carbonyl (C=O) groups is 2. The van der Waals surface area contributed by atoms with E-state index in [1.165, 1.54) is 6.07 Å². The molecule has 0 unspecified atom stereocenters. The van der Waals surface area contributed by atoms with Gasteiger partial charge in [0, 0.05) is 0 Å². The Kier molecular flexibility index (Phi) is 9.15. The molecule has 7 nitrogen and oxygen atoms in total. The van der Waals surface area contributed by atoms with Gasteiger partial charge in [0.1, 0.15) is 12.2 Å². The van der Waals surface area contributed by atoms with E-state index >= 15 is 0 Å². The number of hydrogen-bond acceptors (Lipinski definition) is 6. The molecule has 2 aliphatic rings. The molecule has 0 saturated heterocycles. The number of benzene rings is 1. The van der Waals surface area contributed by atoms with Crippen LogP contribution in [0.2, 0.25) is 0 Å². The minimum absolute atomic E-state index is 0. The summed E-state index contributed by atoms with van der Waals surface area (Å²) < 4.78 is 43.6. The van der Waals surface area contributed by atoms with Crippen LogP contribution in [0.25, 0.3) is 0 Å². The van der Waals surface area contributed by atoms with Crippen molar-refractivity contribution in [2.45, 2.75) is 81.3 Å². The van der Waals surface area contributed by atoms with Crippen molar-refractivity contribution in [2.75, 3.05) is 0 Å². The van der Waals surface area contributed by atoms with Crippen LogP contribution >= 0.6 is 0 Å². The molecular formula is C20H27NaO7S. The maximum Gasteiger partial charge on any atom is 1.00 e. The Bertz CT molecular complexity index is 781. The molecule has 156 valence electrons. The molecule has 2 saturated carbocycles. The van der Waals surface area contributed by atoms with Crippen LogP contribution in [-0.2, 0) is 19.6 Å². The summed E-state index contributed by atoms with van der Waals surface area (Å²) in [6.07, 6.45) is 8.73. The van der Waals surface area contributed by atoms with Crippen LogP contribution in [0.15, 0.2) is 23.1 Å². The first-order chi connectivity index (χ1) is 13.3. The van der Waals surface area contributed by atoms with Crippen LogP contribution in [0, 0.1) is 0 Å². The molecule has 1 N–H and O–H groups in total. The standard InChI is InChI=1S/C20H26O7S.Na.H/c21-19(26-16-7-3-1-4-8-16)14-11-15(13-18(12-14)28(23,24)25)20(22)27-17-9-5-2-6-10-17;;/h11-13,16-17H,1-10H2,(H,23,24,25);;/q;+1;-1. The van der Waals surface area contributed by atoms with Crippen molar-refractivity contribution in [3.8, 4) is 0 Å². The van der Waals surface area contributed by atoms with E-state index in [0.717, 1.165) is 76.3 Å². The Labute approximate surface area is 195 Å². The molecule has 0 radical (unpaired) electrons. The normalized spacial score (nSPS) is 18.5. The van der Waals surface area contributed by atoms with E-state index in [1.54, 1.807) is 0 Å². The molecule has 0 spiro atoms. The molecule has 0 atom stereocenters. The van der Waals surface area contributed by atoms with Crippen molar-refractivity contribution < 1.29 is 63.0 Å². The summed E-state index contributed by atoms with van der Waals surface area (Å²) in [5.41, 5.74) is -0.174. The van der Waals surface area contributed by atoms with Crippen molar-refractivity contribution in [2.24, 2.45) is 0 Å². The molecule has 3 rings (SSSR count). The Morgan fingerprint density at radius 2 is 1.17 bits per heavy atom. The van der Waals surface area contributed by atoms with Crippen LogP contribution < -0.4 is 29.6 Å². The first kappa shape index (κ1) is 24.3. The van der Waals surface area contributed by atoms with Crippen LogP contribution in [0.5, 0.6) is 0 Å². The molecule has 2 fully saturated rings. The van der Waals surface area contributed by atoms with E-state index < -0.39 is 27.0 Å². The smallest absolute Gasteiger partial charge is 1.00 e. The first-order valence-electron chi connectivity index (χ1n) is 9.87. The van der Waals surface area contributed by atoms with Crippen molar-refractivity contribution in [3.63, 3.8) is 0 Å². The van der Waals surface area contributed by atoms with Gasteiger partial charge in [-0.25, -0.2) is 9.59 Å². The zero-order chi connectivity index (χ0) is 20.1. The molecule has 0 heterocycles. The topological polar surface area (TPSA) is 107 Å². The fourth-order valence-electron chi connectivity index (χ4n) is 3.79. The SMILES string of the molecule is O=C(OC1CCCCC1)c1cc(C(=O)OC2CCCCC2)cc(S(=O)(=O)O)c1.[H-].[Na+]. The van der Waals surface area contributed by atoms with Gasteiger partial charge in [-0.2, -0.15) is 8.42 Å². The third-order valence-corrected chi connectivity index (χ3v) is 6.16. The van der Waals surface area contributed by atoms with Gasteiger partial charge in [0.15, 0.2) is 0 Å². The van der Waals surface area contributed by atoms with Gasteiger partial charge in [0.2, 0.25) is 0 Å². The van der Waals surface area contributed by atoms with Crippen molar-refractivity contribution in [1.29, 1.82) is 0 Å². The largest absolute Gasteiger partial charge is 1.00 e. The van der Waals surface area contributed by atoms with Crippen molar-refractivity contribution in [3.05, 3.63) is 29.3 Å². The molecule has 0 aromatic heterocycles. The van der Waals surface area contributed by atoms with Gasteiger partial charge in [-0.15, -0.1) is 0 Å². The number of rotatable bonds is 5. The maximum absolute atomic E-state index is 12.5. The van der Waals surface area contributed by atoms with E-state index in [2.05, 4.69) is 0 Å². The number of esters is 2. The predicted octanol–water partition coefficient (Wildman–Crippen LogP) is 1.03. The molecular weight excluding hydrogens is 407 g/mol. The van der Waals surface area contributed by atoms with Gasteiger partial charge in [0.25, 0.3) is 10.1 Å². The average molecular weight is 434 g/mol. The molecule has 2 aliphatic carbocycles. The van der Waals surface area contributed by atoms with Gasteiger partial charge in [-0.3, -0.25) is 4.55 Å².